The van der Waals surface area contributed by atoms with Gasteiger partial charge >= 0.3 is 5.97 Å². The highest BCUT2D eigenvalue weighted by Gasteiger charge is 2.07. The van der Waals surface area contributed by atoms with E-state index in [0.717, 1.165) is 11.1 Å². The van der Waals surface area contributed by atoms with E-state index in [9.17, 15) is 9.90 Å². The third-order valence-electron chi connectivity index (χ3n) is 2.48. The van der Waals surface area contributed by atoms with Gasteiger partial charge in [0, 0.05) is 5.56 Å². The summed E-state index contributed by atoms with van der Waals surface area (Å²) < 4.78 is 0. The molecule has 0 aliphatic heterocycles. The first-order chi connectivity index (χ1) is 10.4. The predicted molar refractivity (Wildman–Crippen MR) is 86.9 cm³/mol. The Hall–Kier alpha value is -2.42. The quantitative estimate of drug-likeness (QED) is 0.410. The summed E-state index contributed by atoms with van der Waals surface area (Å²) in [5, 5.41) is 15.0. The first kappa shape index (κ1) is 16.0. The summed E-state index contributed by atoms with van der Waals surface area (Å²) in [6.45, 7) is 3.26. The molecule has 0 aliphatic rings. The van der Waals surface area contributed by atoms with Crippen LogP contribution in [0.2, 0.25) is 0 Å². The molecule has 1 aromatic heterocycles. The van der Waals surface area contributed by atoms with Gasteiger partial charge in [-0.1, -0.05) is 35.2 Å². The van der Waals surface area contributed by atoms with Crippen molar-refractivity contribution in [3.8, 4) is 11.8 Å². The Kier molecular flexibility index (Phi) is 5.10. The molecule has 1 aromatic carbocycles. The Balaban J connectivity index is 1.95. The molecule has 0 atom stereocenters. The van der Waals surface area contributed by atoms with Crippen molar-refractivity contribution in [2.45, 2.75) is 19.4 Å². The van der Waals surface area contributed by atoms with Gasteiger partial charge < -0.3 is 9.94 Å². The zero-order chi connectivity index (χ0) is 16.0. The van der Waals surface area contributed by atoms with E-state index < -0.39 is 11.6 Å². The number of carbonyl (C=O) groups excluding carboxylic acids is 1. The third-order valence-corrected chi connectivity index (χ3v) is 3.33. The molecule has 0 spiro atoms. The fourth-order valence-electron chi connectivity index (χ4n) is 1.45. The molecule has 1 heterocycles. The van der Waals surface area contributed by atoms with Gasteiger partial charge in [-0.25, -0.2) is 4.79 Å². The van der Waals surface area contributed by atoms with Crippen LogP contribution < -0.4 is 0 Å². The van der Waals surface area contributed by atoms with Crippen molar-refractivity contribution in [2.75, 3.05) is 0 Å². The molecule has 0 unspecified atom stereocenters. The summed E-state index contributed by atoms with van der Waals surface area (Å²) in [5.41, 5.74) is 0.554. The maximum Gasteiger partial charge on any atom is 0.375 e. The zero-order valence-electron chi connectivity index (χ0n) is 12.2. The second kappa shape index (κ2) is 7.03. The van der Waals surface area contributed by atoms with Gasteiger partial charge in [-0.15, -0.1) is 11.3 Å². The number of hydrogen-bond donors (Lipinski definition) is 1. The van der Waals surface area contributed by atoms with Gasteiger partial charge in [0.25, 0.3) is 0 Å². The molecule has 2 aromatic rings. The Bertz CT molecular complexity index is 714. The minimum Gasteiger partial charge on any atom is -0.378 e. The van der Waals surface area contributed by atoms with E-state index in [1.807, 2.05) is 0 Å². The molecule has 0 saturated heterocycles. The van der Waals surface area contributed by atoms with Crippen molar-refractivity contribution in [3.63, 3.8) is 0 Å². The molecule has 2 rings (SSSR count). The monoisotopic (exact) mass is 313 g/mol. The summed E-state index contributed by atoms with van der Waals surface area (Å²) in [6, 6.07) is 10.7. The van der Waals surface area contributed by atoms with Crippen LogP contribution in [0.1, 0.15) is 34.6 Å². The molecular formula is C17H15NO3S. The van der Waals surface area contributed by atoms with Crippen molar-refractivity contribution < 1.29 is 14.7 Å². The fourth-order valence-corrected chi connectivity index (χ4v) is 2.05. The molecule has 0 fully saturated rings. The van der Waals surface area contributed by atoms with Crippen LogP contribution in [-0.4, -0.2) is 22.9 Å². The SMILES string of the molecule is CC(C)(O)C#Cc1ccc(/C=N/OC(=O)c2cccs2)cc1. The van der Waals surface area contributed by atoms with Gasteiger partial charge in [0.2, 0.25) is 0 Å². The second-order valence-electron chi connectivity index (χ2n) is 5.02. The Morgan fingerprint density at radius 3 is 2.64 bits per heavy atom. The van der Waals surface area contributed by atoms with Gasteiger partial charge in [0.1, 0.15) is 10.5 Å². The maximum atomic E-state index is 11.6. The highest BCUT2D eigenvalue weighted by molar-refractivity contribution is 7.11. The van der Waals surface area contributed by atoms with E-state index in [2.05, 4.69) is 17.0 Å². The minimum atomic E-state index is -1.02. The van der Waals surface area contributed by atoms with Crippen LogP contribution in [0.15, 0.2) is 46.9 Å². The van der Waals surface area contributed by atoms with Crippen LogP contribution in [0.3, 0.4) is 0 Å². The molecule has 4 nitrogen and oxygen atoms in total. The largest absolute Gasteiger partial charge is 0.378 e. The molecule has 22 heavy (non-hydrogen) atoms. The third kappa shape index (κ3) is 5.17. The van der Waals surface area contributed by atoms with Crippen molar-refractivity contribution in [3.05, 3.63) is 57.8 Å². The summed E-state index contributed by atoms with van der Waals surface area (Å²) >= 11 is 1.30. The van der Waals surface area contributed by atoms with Gasteiger partial charge in [0.15, 0.2) is 0 Å². The highest BCUT2D eigenvalue weighted by atomic mass is 32.1. The lowest BCUT2D eigenvalue weighted by Gasteiger charge is -2.05. The molecule has 0 radical (unpaired) electrons. The summed E-state index contributed by atoms with van der Waals surface area (Å²) in [4.78, 5) is 16.9. The molecule has 0 bridgehead atoms. The number of rotatable bonds is 3. The molecule has 112 valence electrons. The zero-order valence-corrected chi connectivity index (χ0v) is 13.1. The highest BCUT2D eigenvalue weighted by Crippen LogP contribution is 2.10. The van der Waals surface area contributed by atoms with Crippen LogP contribution in [-0.2, 0) is 4.84 Å². The van der Waals surface area contributed by atoms with Gasteiger partial charge in [-0.3, -0.25) is 0 Å². The Morgan fingerprint density at radius 2 is 2.05 bits per heavy atom. The second-order valence-corrected chi connectivity index (χ2v) is 5.97. The van der Waals surface area contributed by atoms with Crippen LogP contribution >= 0.6 is 11.3 Å². The Labute approximate surface area is 133 Å². The van der Waals surface area contributed by atoms with Crippen LogP contribution in [0, 0.1) is 11.8 Å². The normalized spacial score (nSPS) is 11.0. The van der Waals surface area contributed by atoms with Crippen molar-refractivity contribution >= 4 is 23.5 Å². The number of nitrogens with zero attached hydrogens (tertiary/aromatic N) is 1. The fraction of sp³-hybridized carbons (Fsp3) is 0.176. The molecule has 0 aliphatic carbocycles. The van der Waals surface area contributed by atoms with E-state index in [1.54, 1.807) is 55.6 Å². The lowest BCUT2D eigenvalue weighted by molar-refractivity contribution is 0.0525. The predicted octanol–water partition coefficient (Wildman–Crippen LogP) is 3.06. The standard InChI is InChI=1S/C17H15NO3S/c1-17(2,20)10-9-13-5-7-14(8-6-13)12-18-21-16(19)15-4-3-11-22-15/h3-8,11-12,20H,1-2H3/b18-12+. The first-order valence-electron chi connectivity index (χ1n) is 6.58. The van der Waals surface area contributed by atoms with Gasteiger partial charge in [-0.2, -0.15) is 0 Å². The topological polar surface area (TPSA) is 58.9 Å². The van der Waals surface area contributed by atoms with Crippen LogP contribution in [0.4, 0.5) is 0 Å². The lowest BCUT2D eigenvalue weighted by atomic mass is 10.1. The van der Waals surface area contributed by atoms with Crippen LogP contribution in [0.5, 0.6) is 0 Å². The van der Waals surface area contributed by atoms with E-state index in [1.165, 1.54) is 17.6 Å². The summed E-state index contributed by atoms with van der Waals surface area (Å²) in [7, 11) is 0. The summed E-state index contributed by atoms with van der Waals surface area (Å²) in [6.07, 6.45) is 1.46. The van der Waals surface area contributed by atoms with Crippen molar-refractivity contribution in [2.24, 2.45) is 5.16 Å². The van der Waals surface area contributed by atoms with Gasteiger partial charge in [-0.05, 0) is 43.0 Å². The average Bonchev–Trinajstić information content (AvgIpc) is 3.00. The molecule has 0 amide bonds. The van der Waals surface area contributed by atoms with Crippen LogP contribution in [0.25, 0.3) is 0 Å². The molecule has 5 heteroatoms. The summed E-state index contributed by atoms with van der Waals surface area (Å²) in [5.74, 6) is 5.14. The van der Waals surface area contributed by atoms with Crippen molar-refractivity contribution in [1.29, 1.82) is 0 Å². The van der Waals surface area contributed by atoms with E-state index in [-0.39, 0.29) is 0 Å². The van der Waals surface area contributed by atoms with E-state index in [0.29, 0.717) is 4.88 Å². The lowest BCUT2D eigenvalue weighted by Crippen LogP contribution is -2.14. The number of oxime groups is 1. The number of aliphatic hydroxyl groups is 1. The smallest absolute Gasteiger partial charge is 0.375 e. The molecule has 1 N–H and O–H groups in total. The molecular weight excluding hydrogens is 298 g/mol. The van der Waals surface area contributed by atoms with E-state index >= 15 is 0 Å². The Morgan fingerprint density at radius 1 is 1.32 bits per heavy atom. The number of carbonyl (C=O) groups is 1. The van der Waals surface area contributed by atoms with E-state index in [4.69, 9.17) is 4.84 Å². The number of hydrogen-bond acceptors (Lipinski definition) is 5. The maximum absolute atomic E-state index is 11.6. The number of benzene rings is 1. The first-order valence-corrected chi connectivity index (χ1v) is 7.46. The van der Waals surface area contributed by atoms with Crippen molar-refractivity contribution in [1.82, 2.24) is 0 Å². The molecule has 0 saturated carbocycles. The van der Waals surface area contributed by atoms with Gasteiger partial charge in [0.05, 0.1) is 6.21 Å². The average molecular weight is 313 g/mol. The number of thiophene rings is 1. The minimum absolute atomic E-state index is 0.473.